The molecule has 0 radical (unpaired) electrons. The first-order valence-corrected chi connectivity index (χ1v) is 7.00. The molecule has 0 unspecified atom stereocenters. The number of imidazole rings is 1. The summed E-state index contributed by atoms with van der Waals surface area (Å²) >= 11 is 5.88. The number of hydrogen-bond donors (Lipinski definition) is 2. The first-order chi connectivity index (χ1) is 10.7. The molecule has 110 valence electrons. The molecular formula is C16H13ClN4O. The minimum absolute atomic E-state index is 0.225. The van der Waals surface area contributed by atoms with Crippen LogP contribution in [0.5, 0.6) is 0 Å². The Balaban J connectivity index is 1.65. The molecule has 0 bridgehead atoms. The van der Waals surface area contributed by atoms with Crippen molar-refractivity contribution in [2.45, 2.75) is 0 Å². The van der Waals surface area contributed by atoms with E-state index < -0.39 is 0 Å². The summed E-state index contributed by atoms with van der Waals surface area (Å²) < 4.78 is 1.87. The van der Waals surface area contributed by atoms with Crippen molar-refractivity contribution in [2.75, 3.05) is 5.43 Å². The predicted molar refractivity (Wildman–Crippen MR) is 86.1 cm³/mol. The second-order valence-corrected chi connectivity index (χ2v) is 5.04. The van der Waals surface area contributed by atoms with Gasteiger partial charge in [0.05, 0.1) is 12.0 Å². The monoisotopic (exact) mass is 312 g/mol. The number of hydrazine groups is 1. The summed E-state index contributed by atoms with van der Waals surface area (Å²) in [7, 11) is 0. The number of halogens is 1. The Morgan fingerprint density at radius 3 is 2.64 bits per heavy atom. The zero-order valence-electron chi connectivity index (χ0n) is 11.5. The highest BCUT2D eigenvalue weighted by Gasteiger charge is 2.05. The minimum atomic E-state index is -0.225. The van der Waals surface area contributed by atoms with E-state index in [9.17, 15) is 4.79 Å². The molecule has 0 aliphatic carbocycles. The van der Waals surface area contributed by atoms with E-state index in [1.54, 1.807) is 42.9 Å². The second-order valence-electron chi connectivity index (χ2n) is 4.61. The first-order valence-electron chi connectivity index (χ1n) is 6.63. The molecule has 0 fully saturated rings. The molecule has 0 saturated heterocycles. The van der Waals surface area contributed by atoms with E-state index >= 15 is 0 Å². The Morgan fingerprint density at radius 2 is 1.95 bits per heavy atom. The number of hydrogen-bond acceptors (Lipinski definition) is 3. The van der Waals surface area contributed by atoms with E-state index in [0.29, 0.717) is 10.6 Å². The van der Waals surface area contributed by atoms with E-state index in [1.165, 1.54) is 0 Å². The Bertz CT molecular complexity index is 769. The molecule has 22 heavy (non-hydrogen) atoms. The van der Waals surface area contributed by atoms with Crippen molar-refractivity contribution in [3.63, 3.8) is 0 Å². The maximum atomic E-state index is 12.1. The summed E-state index contributed by atoms with van der Waals surface area (Å²) in [5.41, 5.74) is 7.67. The number of aromatic nitrogens is 2. The number of carbonyl (C=O) groups excluding carboxylic acids is 1. The van der Waals surface area contributed by atoms with Crippen LogP contribution in [0, 0.1) is 0 Å². The van der Waals surface area contributed by atoms with E-state index in [2.05, 4.69) is 15.8 Å². The Kier molecular flexibility index (Phi) is 4.07. The van der Waals surface area contributed by atoms with Gasteiger partial charge >= 0.3 is 0 Å². The minimum Gasteiger partial charge on any atom is -0.306 e. The van der Waals surface area contributed by atoms with E-state index in [0.717, 1.165) is 11.4 Å². The van der Waals surface area contributed by atoms with Crippen molar-refractivity contribution in [1.29, 1.82) is 0 Å². The topological polar surface area (TPSA) is 59.0 Å². The van der Waals surface area contributed by atoms with Gasteiger partial charge in [-0.05, 0) is 42.5 Å². The smallest absolute Gasteiger partial charge is 0.269 e. The van der Waals surface area contributed by atoms with Gasteiger partial charge in [-0.25, -0.2) is 4.98 Å². The summed E-state index contributed by atoms with van der Waals surface area (Å²) in [6.07, 6.45) is 5.25. The van der Waals surface area contributed by atoms with Crippen LogP contribution in [0.2, 0.25) is 5.02 Å². The van der Waals surface area contributed by atoms with Crippen molar-refractivity contribution in [2.24, 2.45) is 0 Å². The van der Waals surface area contributed by atoms with Crippen LogP contribution in [0.25, 0.3) is 5.69 Å². The molecule has 0 aliphatic rings. The number of carbonyl (C=O) groups is 1. The molecule has 1 aromatic heterocycles. The van der Waals surface area contributed by atoms with Crippen LogP contribution in [0.15, 0.2) is 67.3 Å². The lowest BCUT2D eigenvalue weighted by Crippen LogP contribution is -2.29. The van der Waals surface area contributed by atoms with Crippen LogP contribution in [0.3, 0.4) is 0 Å². The number of amides is 1. The fourth-order valence-electron chi connectivity index (χ4n) is 1.96. The molecule has 6 heteroatoms. The lowest BCUT2D eigenvalue weighted by Gasteiger charge is -2.09. The summed E-state index contributed by atoms with van der Waals surface area (Å²) in [5, 5.41) is 0.601. The lowest BCUT2D eigenvalue weighted by molar-refractivity contribution is 0.0962. The van der Waals surface area contributed by atoms with Gasteiger partial charge in [-0.2, -0.15) is 0 Å². The van der Waals surface area contributed by atoms with Crippen molar-refractivity contribution in [3.05, 3.63) is 77.8 Å². The molecule has 2 N–H and O–H groups in total. The molecule has 0 aliphatic heterocycles. The van der Waals surface area contributed by atoms with Crippen LogP contribution < -0.4 is 10.9 Å². The Hall–Kier alpha value is -2.79. The summed E-state index contributed by atoms with van der Waals surface area (Å²) in [6, 6.07) is 14.3. The van der Waals surface area contributed by atoms with E-state index in [4.69, 9.17) is 11.6 Å². The van der Waals surface area contributed by atoms with Gasteiger partial charge in [0.1, 0.15) is 0 Å². The molecule has 0 atom stereocenters. The van der Waals surface area contributed by atoms with Crippen LogP contribution in [0.4, 0.5) is 5.69 Å². The number of rotatable bonds is 4. The van der Waals surface area contributed by atoms with Crippen molar-refractivity contribution < 1.29 is 4.79 Å². The zero-order chi connectivity index (χ0) is 15.4. The number of anilines is 1. The molecule has 1 heterocycles. The maximum Gasteiger partial charge on any atom is 0.269 e. The largest absolute Gasteiger partial charge is 0.306 e. The van der Waals surface area contributed by atoms with Gasteiger partial charge in [-0.3, -0.25) is 15.6 Å². The van der Waals surface area contributed by atoms with Crippen molar-refractivity contribution in [1.82, 2.24) is 15.0 Å². The van der Waals surface area contributed by atoms with Gasteiger partial charge in [0.15, 0.2) is 0 Å². The number of nitrogens with one attached hydrogen (secondary N) is 2. The van der Waals surface area contributed by atoms with Gasteiger partial charge < -0.3 is 4.57 Å². The van der Waals surface area contributed by atoms with Crippen molar-refractivity contribution in [3.8, 4) is 5.69 Å². The van der Waals surface area contributed by atoms with Gasteiger partial charge in [0.2, 0.25) is 0 Å². The second kappa shape index (κ2) is 6.32. The highest BCUT2D eigenvalue weighted by atomic mass is 35.5. The molecule has 3 rings (SSSR count). The molecule has 1 amide bonds. The SMILES string of the molecule is O=C(NNc1cccc(Cl)c1)c1ccc(-n2ccnc2)cc1. The lowest BCUT2D eigenvalue weighted by atomic mass is 10.2. The molecular weight excluding hydrogens is 300 g/mol. The number of benzene rings is 2. The zero-order valence-corrected chi connectivity index (χ0v) is 12.3. The molecule has 0 saturated carbocycles. The third kappa shape index (κ3) is 3.27. The Morgan fingerprint density at radius 1 is 1.14 bits per heavy atom. The van der Waals surface area contributed by atoms with Crippen molar-refractivity contribution >= 4 is 23.2 Å². The van der Waals surface area contributed by atoms with Gasteiger partial charge in [0.25, 0.3) is 5.91 Å². The predicted octanol–water partition coefficient (Wildman–Crippen LogP) is 3.28. The summed E-state index contributed by atoms with van der Waals surface area (Å²) in [6.45, 7) is 0. The third-order valence-electron chi connectivity index (χ3n) is 3.08. The highest BCUT2D eigenvalue weighted by Crippen LogP contribution is 2.14. The van der Waals surface area contributed by atoms with E-state index in [-0.39, 0.29) is 5.91 Å². The molecule has 0 spiro atoms. The first kappa shape index (κ1) is 14.2. The fourth-order valence-corrected chi connectivity index (χ4v) is 2.15. The molecule has 5 nitrogen and oxygen atoms in total. The average molecular weight is 313 g/mol. The molecule has 2 aromatic carbocycles. The molecule has 3 aromatic rings. The van der Waals surface area contributed by atoms with E-state index in [1.807, 2.05) is 29.0 Å². The fraction of sp³-hybridized carbons (Fsp3) is 0. The average Bonchev–Trinajstić information content (AvgIpc) is 3.07. The van der Waals surface area contributed by atoms with Crippen LogP contribution in [0.1, 0.15) is 10.4 Å². The van der Waals surface area contributed by atoms with Gasteiger partial charge in [0, 0.05) is 28.7 Å². The van der Waals surface area contributed by atoms with Gasteiger partial charge in [-0.1, -0.05) is 17.7 Å². The van der Waals surface area contributed by atoms with Crippen LogP contribution in [-0.2, 0) is 0 Å². The normalized spacial score (nSPS) is 10.2. The maximum absolute atomic E-state index is 12.1. The summed E-state index contributed by atoms with van der Waals surface area (Å²) in [5.74, 6) is -0.225. The Labute approximate surface area is 132 Å². The third-order valence-corrected chi connectivity index (χ3v) is 3.31. The summed E-state index contributed by atoms with van der Waals surface area (Å²) in [4.78, 5) is 16.1. The van der Waals surface area contributed by atoms with Crippen LogP contribution >= 0.6 is 11.6 Å². The standard InChI is InChI=1S/C16H13ClN4O/c17-13-2-1-3-14(10-13)19-20-16(22)12-4-6-15(7-5-12)21-9-8-18-11-21/h1-11,19H,(H,20,22). The number of nitrogens with zero attached hydrogens (tertiary/aromatic N) is 2. The highest BCUT2D eigenvalue weighted by molar-refractivity contribution is 6.30. The quantitative estimate of drug-likeness (QED) is 0.727. The van der Waals surface area contributed by atoms with Gasteiger partial charge in [-0.15, -0.1) is 0 Å². The van der Waals surface area contributed by atoms with Crippen LogP contribution in [-0.4, -0.2) is 15.5 Å².